The minimum Gasteiger partial charge on any atom is -0.370 e. The Morgan fingerprint density at radius 1 is 0.810 bits per heavy atom. The van der Waals surface area contributed by atoms with Gasteiger partial charge in [0.2, 0.25) is 5.91 Å². The lowest BCUT2D eigenvalue weighted by atomic mass is 10.1. The Labute approximate surface area is 137 Å². The van der Waals surface area contributed by atoms with Gasteiger partial charge in [-0.05, 0) is 38.5 Å². The molecule has 1 amide bonds. The van der Waals surface area contributed by atoms with Crippen LogP contribution in [0.3, 0.4) is 0 Å². The molecule has 2 N–H and O–H groups in total. The first-order chi connectivity index (χ1) is 9.77. The second kappa shape index (κ2) is 19.0. The van der Waals surface area contributed by atoms with Crippen molar-refractivity contribution in [2.75, 3.05) is 0 Å². The molecule has 21 heavy (non-hydrogen) atoms. The van der Waals surface area contributed by atoms with Crippen LogP contribution in [0.25, 0.3) is 0 Å². The first-order valence-electron chi connectivity index (χ1n) is 8.00. The summed E-state index contributed by atoms with van der Waals surface area (Å²) in [6.07, 6.45) is 24.1. The molecule has 0 saturated heterocycles. The first kappa shape index (κ1) is 22.3. The standard InChI is InChI=1S/C18H31NO.ClH/c1-2-3-4-5-6-7-8-9-10-11-12-13-14-15-16-17-18(19)20;/h3-4,6-7,9-10H,2,5,8,11-17H2,1H3,(H2,19,20);1H/b4-3-,7-6-,10-9-;. The number of rotatable bonds is 13. The highest BCUT2D eigenvalue weighted by atomic mass is 35.5. The van der Waals surface area contributed by atoms with Gasteiger partial charge in [-0.25, -0.2) is 0 Å². The molecule has 0 aliphatic rings. The van der Waals surface area contributed by atoms with Crippen molar-refractivity contribution < 1.29 is 4.79 Å². The number of unbranched alkanes of at least 4 members (excludes halogenated alkanes) is 5. The van der Waals surface area contributed by atoms with Gasteiger partial charge in [0.25, 0.3) is 0 Å². The molecule has 2 nitrogen and oxygen atoms in total. The number of carbonyl (C=O) groups excluding carboxylic acids is 1. The number of amides is 1. The fourth-order valence-electron chi connectivity index (χ4n) is 1.92. The Hall–Kier alpha value is -1.02. The lowest BCUT2D eigenvalue weighted by molar-refractivity contribution is -0.118. The van der Waals surface area contributed by atoms with Crippen molar-refractivity contribution in [3.8, 4) is 0 Å². The Morgan fingerprint density at radius 3 is 1.95 bits per heavy atom. The fraction of sp³-hybridized carbons (Fsp3) is 0.611. The molecule has 0 radical (unpaired) electrons. The summed E-state index contributed by atoms with van der Waals surface area (Å²) in [5.74, 6) is -0.175. The van der Waals surface area contributed by atoms with E-state index in [1.54, 1.807) is 0 Å². The number of allylic oxidation sites excluding steroid dienone is 6. The Bertz CT molecular complexity index is 308. The summed E-state index contributed by atoms with van der Waals surface area (Å²) < 4.78 is 0. The molecule has 3 heteroatoms. The summed E-state index contributed by atoms with van der Waals surface area (Å²) in [5.41, 5.74) is 5.09. The minimum absolute atomic E-state index is 0. The van der Waals surface area contributed by atoms with Crippen LogP contribution in [0.15, 0.2) is 36.5 Å². The quantitative estimate of drug-likeness (QED) is 0.355. The van der Waals surface area contributed by atoms with Crippen molar-refractivity contribution in [1.82, 2.24) is 0 Å². The molecule has 0 fully saturated rings. The molecule has 122 valence electrons. The van der Waals surface area contributed by atoms with Crippen LogP contribution in [-0.4, -0.2) is 5.91 Å². The zero-order valence-corrected chi connectivity index (χ0v) is 14.2. The molecule has 0 saturated carbocycles. The van der Waals surface area contributed by atoms with E-state index in [9.17, 15) is 4.79 Å². The van der Waals surface area contributed by atoms with Crippen LogP contribution in [0.2, 0.25) is 0 Å². The second-order valence-corrected chi connectivity index (χ2v) is 5.07. The number of hydrogen-bond donors (Lipinski definition) is 1. The zero-order valence-electron chi connectivity index (χ0n) is 13.4. The van der Waals surface area contributed by atoms with Crippen LogP contribution in [0.5, 0.6) is 0 Å². The molecule has 0 unspecified atom stereocenters. The van der Waals surface area contributed by atoms with Gasteiger partial charge in [0, 0.05) is 6.42 Å². The smallest absolute Gasteiger partial charge is 0.217 e. The van der Waals surface area contributed by atoms with Gasteiger partial charge in [-0.1, -0.05) is 62.6 Å². The molecule has 0 aromatic heterocycles. The van der Waals surface area contributed by atoms with Crippen LogP contribution in [0.4, 0.5) is 0 Å². The van der Waals surface area contributed by atoms with Crippen molar-refractivity contribution in [2.45, 2.75) is 71.1 Å². The van der Waals surface area contributed by atoms with Crippen molar-refractivity contribution in [2.24, 2.45) is 5.73 Å². The van der Waals surface area contributed by atoms with E-state index in [4.69, 9.17) is 5.73 Å². The van der Waals surface area contributed by atoms with Gasteiger partial charge < -0.3 is 5.73 Å². The first-order valence-corrected chi connectivity index (χ1v) is 8.00. The molecule has 0 aromatic rings. The van der Waals surface area contributed by atoms with E-state index in [2.05, 4.69) is 43.4 Å². The molecule has 0 heterocycles. The maximum atomic E-state index is 10.5. The predicted octanol–water partition coefficient (Wildman–Crippen LogP) is 5.48. The van der Waals surface area contributed by atoms with Crippen LogP contribution in [-0.2, 0) is 4.79 Å². The summed E-state index contributed by atoms with van der Waals surface area (Å²) in [5, 5.41) is 0. The molecule has 0 spiro atoms. The van der Waals surface area contributed by atoms with Crippen molar-refractivity contribution in [3.63, 3.8) is 0 Å². The van der Waals surface area contributed by atoms with E-state index in [1.165, 1.54) is 25.7 Å². The van der Waals surface area contributed by atoms with Gasteiger partial charge in [0.05, 0.1) is 0 Å². The van der Waals surface area contributed by atoms with Crippen LogP contribution < -0.4 is 5.73 Å². The number of hydrogen-bond acceptors (Lipinski definition) is 1. The highest BCUT2D eigenvalue weighted by Gasteiger charge is 1.94. The second-order valence-electron chi connectivity index (χ2n) is 5.07. The molecule has 0 aliphatic heterocycles. The van der Waals surface area contributed by atoms with Crippen molar-refractivity contribution in [1.29, 1.82) is 0 Å². The molecule has 0 atom stereocenters. The molecule has 0 rings (SSSR count). The van der Waals surface area contributed by atoms with E-state index < -0.39 is 0 Å². The van der Waals surface area contributed by atoms with E-state index in [0.717, 1.165) is 32.1 Å². The zero-order chi connectivity index (χ0) is 14.9. The average molecular weight is 314 g/mol. The van der Waals surface area contributed by atoms with E-state index in [1.807, 2.05) is 0 Å². The monoisotopic (exact) mass is 313 g/mol. The predicted molar refractivity (Wildman–Crippen MR) is 95.7 cm³/mol. The number of halogens is 1. The van der Waals surface area contributed by atoms with E-state index >= 15 is 0 Å². The van der Waals surface area contributed by atoms with Gasteiger partial charge in [-0.3, -0.25) is 4.79 Å². The van der Waals surface area contributed by atoms with Gasteiger partial charge in [0.15, 0.2) is 0 Å². The van der Waals surface area contributed by atoms with Crippen LogP contribution in [0, 0.1) is 0 Å². The van der Waals surface area contributed by atoms with Crippen molar-refractivity contribution >= 4 is 18.3 Å². The minimum atomic E-state index is -0.175. The normalized spacial score (nSPS) is 11.5. The lowest BCUT2D eigenvalue weighted by Gasteiger charge is -1.98. The maximum absolute atomic E-state index is 10.5. The van der Waals surface area contributed by atoms with Gasteiger partial charge in [-0.2, -0.15) is 0 Å². The molecule has 0 aliphatic carbocycles. The summed E-state index contributed by atoms with van der Waals surface area (Å²) >= 11 is 0. The third-order valence-electron chi connectivity index (χ3n) is 3.07. The Balaban J connectivity index is 0. The Kier molecular flexibility index (Phi) is 20.1. The van der Waals surface area contributed by atoms with Gasteiger partial charge in [0.1, 0.15) is 0 Å². The Morgan fingerprint density at radius 2 is 1.33 bits per heavy atom. The van der Waals surface area contributed by atoms with Gasteiger partial charge in [-0.15, -0.1) is 12.4 Å². The molecular weight excluding hydrogens is 282 g/mol. The molecular formula is C18H32ClNO. The number of nitrogens with two attached hydrogens (primary N) is 1. The van der Waals surface area contributed by atoms with Crippen LogP contribution in [0.1, 0.15) is 71.1 Å². The summed E-state index contributed by atoms with van der Waals surface area (Å²) in [6.45, 7) is 2.15. The van der Waals surface area contributed by atoms with Crippen molar-refractivity contribution in [3.05, 3.63) is 36.5 Å². The van der Waals surface area contributed by atoms with Gasteiger partial charge >= 0.3 is 0 Å². The molecule has 0 aromatic carbocycles. The molecule has 0 bridgehead atoms. The third-order valence-corrected chi connectivity index (χ3v) is 3.07. The fourth-order valence-corrected chi connectivity index (χ4v) is 1.92. The summed E-state index contributed by atoms with van der Waals surface area (Å²) in [7, 11) is 0. The highest BCUT2D eigenvalue weighted by molar-refractivity contribution is 5.85. The topological polar surface area (TPSA) is 43.1 Å². The van der Waals surface area contributed by atoms with E-state index in [-0.39, 0.29) is 18.3 Å². The third kappa shape index (κ3) is 21.4. The number of primary amides is 1. The SMILES string of the molecule is CC/C=C\C/C=C\C/C=C\CCCCCCCC(N)=O.Cl. The highest BCUT2D eigenvalue weighted by Crippen LogP contribution is 2.07. The largest absolute Gasteiger partial charge is 0.370 e. The summed E-state index contributed by atoms with van der Waals surface area (Å²) in [6, 6.07) is 0. The van der Waals surface area contributed by atoms with Crippen LogP contribution >= 0.6 is 12.4 Å². The maximum Gasteiger partial charge on any atom is 0.217 e. The lowest BCUT2D eigenvalue weighted by Crippen LogP contribution is -2.09. The number of carbonyl (C=O) groups is 1. The summed E-state index contributed by atoms with van der Waals surface area (Å²) in [4.78, 5) is 10.5. The average Bonchev–Trinajstić information content (AvgIpc) is 2.43. The van der Waals surface area contributed by atoms with E-state index in [0.29, 0.717) is 6.42 Å².